The van der Waals surface area contributed by atoms with Crippen molar-refractivity contribution in [3.63, 3.8) is 0 Å². The fourth-order valence-corrected chi connectivity index (χ4v) is 1.96. The van der Waals surface area contributed by atoms with E-state index in [0.717, 1.165) is 6.07 Å². The third kappa shape index (κ3) is 1.67. The molecule has 0 aliphatic carbocycles. The fourth-order valence-electron chi connectivity index (χ4n) is 1.46. The lowest BCUT2D eigenvalue weighted by molar-refractivity contribution is 0.592. The molecule has 0 saturated heterocycles. The number of anilines is 1. The predicted molar refractivity (Wildman–Crippen MR) is 58.9 cm³/mol. The molecule has 1 aromatic heterocycles. The van der Waals surface area contributed by atoms with Gasteiger partial charge in [-0.25, -0.2) is 13.8 Å². The van der Waals surface area contributed by atoms with E-state index in [2.05, 4.69) is 26.2 Å². The van der Waals surface area contributed by atoms with E-state index in [1.165, 1.54) is 12.3 Å². The van der Waals surface area contributed by atoms with Crippen molar-refractivity contribution >= 4 is 32.5 Å². The zero-order chi connectivity index (χ0) is 11.0. The highest BCUT2D eigenvalue weighted by molar-refractivity contribution is 9.10. The van der Waals surface area contributed by atoms with E-state index in [-0.39, 0.29) is 0 Å². The van der Waals surface area contributed by atoms with Crippen LogP contribution in [0.25, 0.3) is 10.8 Å². The first-order chi connectivity index (χ1) is 7.13. The van der Waals surface area contributed by atoms with Gasteiger partial charge in [0.05, 0.1) is 0 Å². The van der Waals surface area contributed by atoms with Gasteiger partial charge in [-0.2, -0.15) is 0 Å². The Labute approximate surface area is 93.4 Å². The third-order valence-corrected chi connectivity index (χ3v) is 2.69. The van der Waals surface area contributed by atoms with Crippen molar-refractivity contribution in [2.75, 3.05) is 12.4 Å². The summed E-state index contributed by atoms with van der Waals surface area (Å²) in [6.07, 6.45) is 1.48. The molecule has 0 saturated carbocycles. The number of rotatable bonds is 1. The quantitative estimate of drug-likeness (QED) is 0.862. The molecule has 0 aliphatic rings. The summed E-state index contributed by atoms with van der Waals surface area (Å²) in [4.78, 5) is 4.02. The summed E-state index contributed by atoms with van der Waals surface area (Å²) in [6.45, 7) is 0. The summed E-state index contributed by atoms with van der Waals surface area (Å²) in [5, 5.41) is 3.54. The predicted octanol–water partition coefficient (Wildman–Crippen LogP) is 3.32. The van der Waals surface area contributed by atoms with Crippen LogP contribution in [0.3, 0.4) is 0 Å². The van der Waals surface area contributed by atoms with Crippen molar-refractivity contribution in [3.05, 3.63) is 34.4 Å². The third-order valence-electron chi connectivity index (χ3n) is 2.09. The van der Waals surface area contributed by atoms with Crippen molar-refractivity contribution < 1.29 is 8.78 Å². The molecular formula is C10H7BrF2N2. The molecule has 1 heterocycles. The molecular weight excluding hydrogens is 266 g/mol. The average Bonchev–Trinajstić information content (AvgIpc) is 2.17. The lowest BCUT2D eigenvalue weighted by Crippen LogP contribution is -1.96. The smallest absolute Gasteiger partial charge is 0.135 e. The summed E-state index contributed by atoms with van der Waals surface area (Å²) < 4.78 is 27.0. The van der Waals surface area contributed by atoms with Gasteiger partial charge in [0.25, 0.3) is 0 Å². The first-order valence-corrected chi connectivity index (χ1v) is 5.04. The van der Waals surface area contributed by atoms with Crippen LogP contribution in [0.2, 0.25) is 0 Å². The van der Waals surface area contributed by atoms with Gasteiger partial charge < -0.3 is 5.32 Å². The summed E-state index contributed by atoms with van der Waals surface area (Å²) in [7, 11) is 1.65. The Morgan fingerprint density at radius 2 is 2.07 bits per heavy atom. The van der Waals surface area contributed by atoms with E-state index < -0.39 is 11.6 Å². The van der Waals surface area contributed by atoms with E-state index >= 15 is 0 Å². The highest BCUT2D eigenvalue weighted by Gasteiger charge is 2.11. The minimum absolute atomic E-state index is 0.329. The van der Waals surface area contributed by atoms with Crippen molar-refractivity contribution in [1.82, 2.24) is 4.98 Å². The van der Waals surface area contributed by atoms with E-state index in [1.807, 2.05) is 0 Å². The Morgan fingerprint density at radius 3 is 2.73 bits per heavy atom. The fraction of sp³-hybridized carbons (Fsp3) is 0.100. The van der Waals surface area contributed by atoms with Gasteiger partial charge in [-0.05, 0) is 22.0 Å². The molecule has 0 amide bonds. The summed E-state index contributed by atoms with van der Waals surface area (Å²) in [5.74, 6) is -0.765. The van der Waals surface area contributed by atoms with Gasteiger partial charge in [0.2, 0.25) is 0 Å². The maximum absolute atomic E-state index is 13.5. The van der Waals surface area contributed by atoms with Crippen LogP contribution in [0.15, 0.2) is 22.8 Å². The number of pyridine rings is 1. The Kier molecular flexibility index (Phi) is 2.56. The van der Waals surface area contributed by atoms with Crippen molar-refractivity contribution in [2.45, 2.75) is 0 Å². The Bertz CT molecular complexity index is 528. The van der Waals surface area contributed by atoms with Crippen LogP contribution in [0, 0.1) is 11.6 Å². The van der Waals surface area contributed by atoms with Crippen LogP contribution in [-0.2, 0) is 0 Å². The van der Waals surface area contributed by atoms with E-state index in [4.69, 9.17) is 0 Å². The molecule has 0 radical (unpaired) electrons. The molecule has 1 N–H and O–H groups in total. The summed E-state index contributed by atoms with van der Waals surface area (Å²) in [5.41, 5.74) is 0. The molecule has 78 valence electrons. The maximum Gasteiger partial charge on any atom is 0.135 e. The lowest BCUT2D eigenvalue weighted by Gasteiger charge is -2.07. The molecule has 2 nitrogen and oxygen atoms in total. The molecule has 15 heavy (non-hydrogen) atoms. The molecule has 0 atom stereocenters. The summed E-state index contributed by atoms with van der Waals surface area (Å²) in [6, 6.07) is 2.11. The normalized spacial score (nSPS) is 10.7. The van der Waals surface area contributed by atoms with E-state index in [0.29, 0.717) is 21.1 Å². The Morgan fingerprint density at radius 1 is 1.33 bits per heavy atom. The molecule has 0 fully saturated rings. The van der Waals surface area contributed by atoms with Gasteiger partial charge >= 0.3 is 0 Å². The molecule has 1 aromatic carbocycles. The van der Waals surface area contributed by atoms with Gasteiger partial charge in [-0.1, -0.05) is 0 Å². The number of aromatic nitrogens is 1. The largest absolute Gasteiger partial charge is 0.373 e. The number of halogens is 3. The van der Waals surface area contributed by atoms with E-state index in [9.17, 15) is 8.78 Å². The van der Waals surface area contributed by atoms with Gasteiger partial charge in [0, 0.05) is 34.6 Å². The highest BCUT2D eigenvalue weighted by atomic mass is 79.9. The monoisotopic (exact) mass is 272 g/mol. The van der Waals surface area contributed by atoms with Gasteiger partial charge in [-0.15, -0.1) is 0 Å². The average molecular weight is 273 g/mol. The standard InChI is InChI=1S/C10H7BrF2N2/c1-14-10-6-2-5(12)3-8(13)9(6)7(11)4-15-10/h2-4H,1H3,(H,14,15). The molecule has 0 unspecified atom stereocenters. The second kappa shape index (κ2) is 3.73. The number of hydrogen-bond donors (Lipinski definition) is 1. The molecule has 0 spiro atoms. The summed E-state index contributed by atoms with van der Waals surface area (Å²) >= 11 is 3.18. The number of nitrogens with one attached hydrogen (secondary N) is 1. The Hall–Kier alpha value is -1.23. The lowest BCUT2D eigenvalue weighted by atomic mass is 10.1. The molecule has 0 aliphatic heterocycles. The van der Waals surface area contributed by atoms with Gasteiger partial charge in [0.15, 0.2) is 0 Å². The first-order valence-electron chi connectivity index (χ1n) is 4.24. The van der Waals surface area contributed by atoms with Crippen molar-refractivity contribution in [1.29, 1.82) is 0 Å². The van der Waals surface area contributed by atoms with E-state index in [1.54, 1.807) is 7.05 Å². The minimum atomic E-state index is -0.614. The minimum Gasteiger partial charge on any atom is -0.373 e. The molecule has 0 bridgehead atoms. The van der Waals surface area contributed by atoms with Crippen LogP contribution in [0.5, 0.6) is 0 Å². The number of hydrogen-bond acceptors (Lipinski definition) is 2. The SMILES string of the molecule is CNc1ncc(Br)c2c(F)cc(F)cc12. The first kappa shape index (κ1) is 10.3. The second-order valence-electron chi connectivity index (χ2n) is 3.01. The number of fused-ring (bicyclic) bond motifs is 1. The maximum atomic E-state index is 13.5. The van der Waals surface area contributed by atoms with Crippen molar-refractivity contribution in [2.24, 2.45) is 0 Å². The molecule has 5 heteroatoms. The Balaban J connectivity index is 2.93. The highest BCUT2D eigenvalue weighted by Crippen LogP contribution is 2.30. The van der Waals surface area contributed by atoms with Crippen LogP contribution in [-0.4, -0.2) is 12.0 Å². The zero-order valence-electron chi connectivity index (χ0n) is 7.81. The van der Waals surface area contributed by atoms with Gasteiger partial charge in [0.1, 0.15) is 17.5 Å². The zero-order valence-corrected chi connectivity index (χ0v) is 9.40. The van der Waals surface area contributed by atoms with Crippen molar-refractivity contribution in [3.8, 4) is 0 Å². The van der Waals surface area contributed by atoms with Crippen LogP contribution < -0.4 is 5.32 Å². The number of nitrogens with zero attached hydrogens (tertiary/aromatic N) is 1. The van der Waals surface area contributed by atoms with Crippen LogP contribution in [0.1, 0.15) is 0 Å². The van der Waals surface area contributed by atoms with Crippen LogP contribution in [0.4, 0.5) is 14.6 Å². The topological polar surface area (TPSA) is 24.9 Å². The van der Waals surface area contributed by atoms with Gasteiger partial charge in [-0.3, -0.25) is 0 Å². The molecule has 2 aromatic rings. The molecule has 2 rings (SSSR count). The number of benzene rings is 1. The van der Waals surface area contributed by atoms with Crippen LogP contribution >= 0.6 is 15.9 Å². The second-order valence-corrected chi connectivity index (χ2v) is 3.87.